The molecular weight excluding hydrogens is 606 g/mol. The number of halogens is 2. The smallest absolute Gasteiger partial charge is 0.282 e. The first-order valence-electron chi connectivity index (χ1n) is 12.7. The van der Waals surface area contributed by atoms with Crippen LogP contribution in [0.3, 0.4) is 0 Å². The number of benzene rings is 4. The molecule has 0 aliphatic heterocycles. The molecule has 0 unspecified atom stereocenters. The average molecular weight is 629 g/mol. The van der Waals surface area contributed by atoms with E-state index >= 15 is 0 Å². The van der Waals surface area contributed by atoms with Gasteiger partial charge in [0.05, 0.1) is 24.2 Å². The Labute approximate surface area is 248 Å². The summed E-state index contributed by atoms with van der Waals surface area (Å²) < 4.78 is 20.0. The van der Waals surface area contributed by atoms with Crippen LogP contribution in [-0.4, -0.2) is 23.0 Å². The molecule has 0 atom stereocenters. The van der Waals surface area contributed by atoms with E-state index in [9.17, 15) is 4.79 Å². The second kappa shape index (κ2) is 11.2. The van der Waals surface area contributed by atoms with Crippen LogP contribution in [-0.2, 0) is 6.61 Å². The lowest BCUT2D eigenvalue weighted by molar-refractivity contribution is 0.284. The van der Waals surface area contributed by atoms with Gasteiger partial charge in [-0.3, -0.25) is 4.79 Å². The lowest BCUT2D eigenvalue weighted by Gasteiger charge is -2.14. The molecule has 0 spiro atoms. The van der Waals surface area contributed by atoms with E-state index < -0.39 is 0 Å². The minimum atomic E-state index is -0.347. The molecule has 2 aromatic heterocycles. The van der Waals surface area contributed by atoms with E-state index in [2.05, 4.69) is 27.1 Å². The summed E-state index contributed by atoms with van der Waals surface area (Å²) >= 11 is 9.91. The van der Waals surface area contributed by atoms with Crippen LogP contribution in [0.15, 0.2) is 104 Å². The van der Waals surface area contributed by atoms with Gasteiger partial charge in [0.1, 0.15) is 12.2 Å². The van der Waals surface area contributed by atoms with Crippen LogP contribution in [0.2, 0.25) is 5.02 Å². The van der Waals surface area contributed by atoms with Gasteiger partial charge in [0, 0.05) is 26.5 Å². The quantitative estimate of drug-likeness (QED) is 0.167. The SMILES string of the molecule is COc1cc(Cl)cc(C=Nn2c(-c3cc4cc(Br)ccc4o3)nc3ccccc3c2=O)c1OCc1cccc(C)c1. The van der Waals surface area contributed by atoms with E-state index in [1.807, 2.05) is 55.5 Å². The molecule has 9 heteroatoms. The fourth-order valence-electron chi connectivity index (χ4n) is 4.58. The van der Waals surface area contributed by atoms with Crippen LogP contribution < -0.4 is 15.0 Å². The molecule has 2 heterocycles. The van der Waals surface area contributed by atoms with Crippen molar-refractivity contribution in [3.8, 4) is 23.1 Å². The Bertz CT molecular complexity index is 2020. The number of furan rings is 1. The molecular formula is C32H23BrClN3O4. The highest BCUT2D eigenvalue weighted by Gasteiger charge is 2.18. The minimum absolute atomic E-state index is 0.258. The van der Waals surface area contributed by atoms with Gasteiger partial charge in [-0.25, -0.2) is 4.98 Å². The molecule has 0 saturated heterocycles. The summed E-state index contributed by atoms with van der Waals surface area (Å²) in [5.41, 5.74) is 3.50. The van der Waals surface area contributed by atoms with Crippen molar-refractivity contribution in [1.82, 2.24) is 9.66 Å². The van der Waals surface area contributed by atoms with Crippen molar-refractivity contribution >= 4 is 55.6 Å². The molecule has 0 fully saturated rings. The standard InChI is InChI=1S/C32H23BrClN3O4/c1-19-6-5-7-20(12-19)18-40-30-22(14-24(34)16-28(30)39-2)17-35-37-31(36-26-9-4-3-8-25(26)32(37)38)29-15-21-13-23(33)10-11-27(21)41-29/h3-17H,18H2,1-2H3. The van der Waals surface area contributed by atoms with Gasteiger partial charge in [-0.05, 0) is 55.0 Å². The Hall–Kier alpha value is -4.40. The van der Waals surface area contributed by atoms with E-state index in [0.717, 1.165) is 21.0 Å². The maximum absolute atomic E-state index is 13.7. The second-order valence-corrected chi connectivity index (χ2v) is 10.8. The molecule has 4 aromatic carbocycles. The molecule has 0 amide bonds. The second-order valence-electron chi connectivity index (χ2n) is 9.41. The Morgan fingerprint density at radius 1 is 1.05 bits per heavy atom. The summed E-state index contributed by atoms with van der Waals surface area (Å²) in [6.45, 7) is 2.33. The van der Waals surface area contributed by atoms with Crippen molar-refractivity contribution < 1.29 is 13.9 Å². The Kier molecular flexibility index (Phi) is 7.34. The molecule has 204 valence electrons. The van der Waals surface area contributed by atoms with E-state index in [1.54, 1.807) is 37.4 Å². The topological polar surface area (TPSA) is 78.9 Å². The van der Waals surface area contributed by atoms with Gasteiger partial charge < -0.3 is 13.9 Å². The van der Waals surface area contributed by atoms with Gasteiger partial charge in [0.2, 0.25) is 5.82 Å². The van der Waals surface area contributed by atoms with Crippen LogP contribution in [0.4, 0.5) is 0 Å². The lowest BCUT2D eigenvalue weighted by atomic mass is 10.1. The highest BCUT2D eigenvalue weighted by Crippen LogP contribution is 2.35. The predicted molar refractivity (Wildman–Crippen MR) is 165 cm³/mol. The Balaban J connectivity index is 1.48. The van der Waals surface area contributed by atoms with Crippen molar-refractivity contribution in [2.45, 2.75) is 13.5 Å². The number of nitrogens with zero attached hydrogens (tertiary/aromatic N) is 3. The first-order valence-corrected chi connectivity index (χ1v) is 13.9. The monoisotopic (exact) mass is 627 g/mol. The predicted octanol–water partition coefficient (Wildman–Crippen LogP) is 8.00. The fraction of sp³-hybridized carbons (Fsp3) is 0.0938. The molecule has 7 nitrogen and oxygen atoms in total. The number of para-hydroxylation sites is 1. The fourth-order valence-corrected chi connectivity index (χ4v) is 5.18. The van der Waals surface area contributed by atoms with E-state index in [1.165, 1.54) is 10.9 Å². The summed E-state index contributed by atoms with van der Waals surface area (Å²) in [5.74, 6) is 1.55. The molecule has 0 bridgehead atoms. The number of fused-ring (bicyclic) bond motifs is 2. The van der Waals surface area contributed by atoms with Gasteiger partial charge in [-0.2, -0.15) is 9.78 Å². The van der Waals surface area contributed by atoms with Crippen molar-refractivity contribution in [1.29, 1.82) is 0 Å². The summed E-state index contributed by atoms with van der Waals surface area (Å²) in [6.07, 6.45) is 1.51. The zero-order valence-electron chi connectivity index (χ0n) is 22.1. The third kappa shape index (κ3) is 5.49. The highest BCUT2D eigenvalue weighted by molar-refractivity contribution is 9.10. The van der Waals surface area contributed by atoms with Crippen molar-refractivity contribution in [2.75, 3.05) is 7.11 Å². The first-order chi connectivity index (χ1) is 19.9. The highest BCUT2D eigenvalue weighted by atomic mass is 79.9. The third-order valence-electron chi connectivity index (χ3n) is 6.50. The number of ether oxygens (including phenoxy) is 2. The molecule has 0 radical (unpaired) electrons. The summed E-state index contributed by atoms with van der Waals surface area (Å²) in [4.78, 5) is 18.5. The van der Waals surface area contributed by atoms with E-state index in [0.29, 0.717) is 50.9 Å². The molecule has 0 saturated carbocycles. The summed E-state index contributed by atoms with van der Waals surface area (Å²) in [5, 5.41) is 6.30. The van der Waals surface area contributed by atoms with Crippen LogP contribution in [0.1, 0.15) is 16.7 Å². The lowest BCUT2D eigenvalue weighted by Crippen LogP contribution is -2.20. The van der Waals surface area contributed by atoms with Crippen molar-refractivity contribution in [3.05, 3.63) is 121 Å². The maximum Gasteiger partial charge on any atom is 0.282 e. The number of methoxy groups -OCH3 is 1. The summed E-state index contributed by atoms with van der Waals surface area (Å²) in [6, 6.07) is 26.1. The largest absolute Gasteiger partial charge is 0.493 e. The Morgan fingerprint density at radius 3 is 2.73 bits per heavy atom. The normalized spacial score (nSPS) is 11.5. The Morgan fingerprint density at radius 2 is 1.90 bits per heavy atom. The minimum Gasteiger partial charge on any atom is -0.493 e. The van der Waals surface area contributed by atoms with Crippen LogP contribution in [0.5, 0.6) is 11.5 Å². The molecule has 0 aliphatic carbocycles. The van der Waals surface area contributed by atoms with E-state index in [4.69, 9.17) is 30.5 Å². The van der Waals surface area contributed by atoms with E-state index in [-0.39, 0.29) is 11.4 Å². The van der Waals surface area contributed by atoms with Gasteiger partial charge in [-0.15, -0.1) is 0 Å². The summed E-state index contributed by atoms with van der Waals surface area (Å²) in [7, 11) is 1.54. The molecule has 0 N–H and O–H groups in total. The number of rotatable bonds is 7. The zero-order valence-corrected chi connectivity index (χ0v) is 24.4. The van der Waals surface area contributed by atoms with Crippen molar-refractivity contribution in [2.24, 2.45) is 5.10 Å². The van der Waals surface area contributed by atoms with Gasteiger partial charge in [-0.1, -0.05) is 69.5 Å². The number of aromatic nitrogens is 2. The van der Waals surface area contributed by atoms with Crippen LogP contribution >= 0.6 is 27.5 Å². The third-order valence-corrected chi connectivity index (χ3v) is 7.21. The van der Waals surface area contributed by atoms with Crippen molar-refractivity contribution in [3.63, 3.8) is 0 Å². The molecule has 6 aromatic rings. The van der Waals surface area contributed by atoms with Gasteiger partial charge in [0.25, 0.3) is 5.56 Å². The molecule has 41 heavy (non-hydrogen) atoms. The van der Waals surface area contributed by atoms with Crippen LogP contribution in [0.25, 0.3) is 33.5 Å². The average Bonchev–Trinajstić information content (AvgIpc) is 3.39. The van der Waals surface area contributed by atoms with Gasteiger partial charge >= 0.3 is 0 Å². The number of hydrogen-bond donors (Lipinski definition) is 0. The number of hydrogen-bond acceptors (Lipinski definition) is 6. The molecule has 0 aliphatic rings. The molecule has 6 rings (SSSR count). The van der Waals surface area contributed by atoms with Crippen LogP contribution in [0, 0.1) is 6.92 Å². The number of aryl methyl sites for hydroxylation is 1. The maximum atomic E-state index is 13.7. The zero-order chi connectivity index (χ0) is 28.5. The first kappa shape index (κ1) is 26.8. The van der Waals surface area contributed by atoms with Gasteiger partial charge in [0.15, 0.2) is 17.3 Å².